The van der Waals surface area contributed by atoms with Crippen molar-refractivity contribution < 1.29 is 27.8 Å². The highest BCUT2D eigenvalue weighted by Crippen LogP contribution is 2.20. The molecular weight excluding hydrogens is 325 g/mol. The molecule has 0 heterocycles. The van der Waals surface area contributed by atoms with E-state index in [1.54, 1.807) is 6.92 Å². The number of ketones is 1. The molecule has 1 aromatic rings. The van der Waals surface area contributed by atoms with Crippen molar-refractivity contribution in [1.29, 1.82) is 0 Å². The van der Waals surface area contributed by atoms with Crippen LogP contribution in [0.25, 0.3) is 0 Å². The first-order chi connectivity index (χ1) is 11.4. The fraction of sp³-hybridized carbons (Fsp3) is 0.375. The standard InChI is InChI=1S/C16H19F3N2O3/c1-2-24-14(22)5-4-13(21-7-3-6-20)16(23)15-11(18)8-10(17)9-12(15)19/h3,6-9,13-14,22H,2,4-5,20H2,1H3. The fourth-order valence-electron chi connectivity index (χ4n) is 2.00. The van der Waals surface area contributed by atoms with Crippen LogP contribution in [-0.4, -0.2) is 36.0 Å². The van der Waals surface area contributed by atoms with Crippen molar-refractivity contribution in [2.24, 2.45) is 10.7 Å². The van der Waals surface area contributed by atoms with E-state index in [0.29, 0.717) is 12.1 Å². The Kier molecular flexibility index (Phi) is 8.14. The molecular formula is C16H19F3N2O3. The van der Waals surface area contributed by atoms with E-state index in [1.807, 2.05) is 0 Å². The fourth-order valence-corrected chi connectivity index (χ4v) is 2.00. The molecule has 2 unspecified atom stereocenters. The first kappa shape index (κ1) is 19.9. The molecule has 0 spiro atoms. The topological polar surface area (TPSA) is 84.9 Å². The highest BCUT2D eigenvalue weighted by atomic mass is 19.1. The Bertz CT molecular complexity index is 598. The summed E-state index contributed by atoms with van der Waals surface area (Å²) in [5.41, 5.74) is 4.28. The van der Waals surface area contributed by atoms with Gasteiger partial charge in [-0.05, 0) is 25.6 Å². The maximum atomic E-state index is 13.8. The number of aliphatic imine (C=N–C) groups is 1. The predicted octanol–water partition coefficient (Wildman–Crippen LogP) is 2.33. The van der Waals surface area contributed by atoms with Crippen molar-refractivity contribution in [3.63, 3.8) is 0 Å². The lowest BCUT2D eigenvalue weighted by Crippen LogP contribution is -2.24. The number of aliphatic hydroxyl groups is 1. The maximum Gasteiger partial charge on any atom is 0.193 e. The molecule has 1 aromatic carbocycles. The van der Waals surface area contributed by atoms with Crippen molar-refractivity contribution in [3.05, 3.63) is 47.4 Å². The van der Waals surface area contributed by atoms with Gasteiger partial charge in [-0.2, -0.15) is 0 Å². The number of rotatable bonds is 9. The average molecular weight is 344 g/mol. The SMILES string of the molecule is CCOC(O)CCC(N=CC=CN)C(=O)c1c(F)cc(F)cc1F. The van der Waals surface area contributed by atoms with E-state index < -0.39 is 41.1 Å². The van der Waals surface area contributed by atoms with Gasteiger partial charge in [0.15, 0.2) is 12.1 Å². The molecule has 5 nitrogen and oxygen atoms in total. The van der Waals surface area contributed by atoms with Crippen molar-refractivity contribution >= 4 is 12.0 Å². The molecule has 0 aromatic heterocycles. The number of aliphatic hydroxyl groups excluding tert-OH is 1. The Balaban J connectivity index is 3.03. The van der Waals surface area contributed by atoms with Gasteiger partial charge in [-0.15, -0.1) is 0 Å². The molecule has 0 amide bonds. The minimum absolute atomic E-state index is 0.0227. The molecule has 3 N–H and O–H groups in total. The summed E-state index contributed by atoms with van der Waals surface area (Å²) >= 11 is 0. The molecule has 0 aliphatic carbocycles. The number of allylic oxidation sites excluding steroid dienone is 1. The van der Waals surface area contributed by atoms with Crippen LogP contribution in [0.5, 0.6) is 0 Å². The number of benzene rings is 1. The average Bonchev–Trinajstić information content (AvgIpc) is 2.49. The molecule has 0 aliphatic rings. The molecule has 1 rings (SSSR count). The lowest BCUT2D eigenvalue weighted by atomic mass is 9.99. The number of ether oxygens (including phenoxy) is 1. The van der Waals surface area contributed by atoms with Crippen LogP contribution in [0.15, 0.2) is 29.4 Å². The van der Waals surface area contributed by atoms with Gasteiger partial charge in [0.1, 0.15) is 23.5 Å². The maximum absolute atomic E-state index is 13.8. The monoisotopic (exact) mass is 344 g/mol. The molecule has 24 heavy (non-hydrogen) atoms. The van der Waals surface area contributed by atoms with Crippen LogP contribution in [-0.2, 0) is 4.74 Å². The van der Waals surface area contributed by atoms with Crippen LogP contribution >= 0.6 is 0 Å². The van der Waals surface area contributed by atoms with E-state index in [2.05, 4.69) is 4.99 Å². The summed E-state index contributed by atoms with van der Waals surface area (Å²) in [6.07, 6.45) is 2.57. The van der Waals surface area contributed by atoms with E-state index in [0.717, 1.165) is 0 Å². The number of halogens is 3. The van der Waals surface area contributed by atoms with Crippen molar-refractivity contribution in [2.75, 3.05) is 6.61 Å². The summed E-state index contributed by atoms with van der Waals surface area (Å²) < 4.78 is 45.4. The first-order valence-corrected chi connectivity index (χ1v) is 7.29. The second kappa shape index (κ2) is 9.84. The second-order valence-corrected chi connectivity index (χ2v) is 4.79. The lowest BCUT2D eigenvalue weighted by molar-refractivity contribution is -0.0994. The minimum Gasteiger partial charge on any atom is -0.405 e. The third-order valence-electron chi connectivity index (χ3n) is 3.07. The van der Waals surface area contributed by atoms with Crippen molar-refractivity contribution in [3.8, 4) is 0 Å². The lowest BCUT2D eigenvalue weighted by Gasteiger charge is -2.15. The Morgan fingerprint density at radius 1 is 1.33 bits per heavy atom. The zero-order chi connectivity index (χ0) is 18.1. The van der Waals surface area contributed by atoms with Gasteiger partial charge in [-0.1, -0.05) is 0 Å². The van der Waals surface area contributed by atoms with Gasteiger partial charge < -0.3 is 15.6 Å². The Labute approximate surface area is 137 Å². The van der Waals surface area contributed by atoms with Crippen molar-refractivity contribution in [1.82, 2.24) is 0 Å². The first-order valence-electron chi connectivity index (χ1n) is 7.29. The highest BCUT2D eigenvalue weighted by Gasteiger charge is 2.26. The number of nitrogens with two attached hydrogens (primary N) is 1. The molecule has 0 saturated heterocycles. The largest absolute Gasteiger partial charge is 0.405 e. The molecule has 2 atom stereocenters. The van der Waals surface area contributed by atoms with E-state index in [4.69, 9.17) is 10.5 Å². The molecule has 0 aliphatic heterocycles. The minimum atomic E-state index is -1.31. The molecule has 0 bridgehead atoms. The van der Waals surface area contributed by atoms with Crippen LogP contribution in [0.3, 0.4) is 0 Å². The van der Waals surface area contributed by atoms with Gasteiger partial charge >= 0.3 is 0 Å². The third kappa shape index (κ3) is 5.78. The van der Waals surface area contributed by atoms with Gasteiger partial charge in [-0.25, -0.2) is 13.2 Å². The van der Waals surface area contributed by atoms with Gasteiger partial charge in [-0.3, -0.25) is 9.79 Å². The van der Waals surface area contributed by atoms with Crippen LogP contribution in [0.1, 0.15) is 30.1 Å². The van der Waals surface area contributed by atoms with Gasteiger partial charge in [0.05, 0.1) is 5.56 Å². The Morgan fingerprint density at radius 2 is 1.96 bits per heavy atom. The quantitative estimate of drug-likeness (QED) is 0.409. The normalized spacial score (nSPS) is 14.4. The zero-order valence-electron chi connectivity index (χ0n) is 13.1. The number of carbonyl (C=O) groups excluding carboxylic acids is 1. The number of nitrogens with zero attached hydrogens (tertiary/aromatic N) is 1. The Morgan fingerprint density at radius 3 is 2.50 bits per heavy atom. The highest BCUT2D eigenvalue weighted by molar-refractivity contribution is 6.01. The number of hydrogen-bond donors (Lipinski definition) is 2. The third-order valence-corrected chi connectivity index (χ3v) is 3.07. The Hall–Kier alpha value is -2.19. The summed E-state index contributed by atoms with van der Waals surface area (Å²) in [4.78, 5) is 16.3. The van der Waals surface area contributed by atoms with Crippen LogP contribution < -0.4 is 5.73 Å². The second-order valence-electron chi connectivity index (χ2n) is 4.79. The molecule has 0 saturated carbocycles. The smallest absolute Gasteiger partial charge is 0.193 e. The van der Waals surface area contributed by atoms with Crippen molar-refractivity contribution in [2.45, 2.75) is 32.1 Å². The van der Waals surface area contributed by atoms with Gasteiger partial charge in [0.2, 0.25) is 0 Å². The van der Waals surface area contributed by atoms with Gasteiger partial charge in [0, 0.05) is 31.4 Å². The summed E-state index contributed by atoms with van der Waals surface area (Å²) in [5.74, 6) is -4.70. The molecule has 8 heteroatoms. The van der Waals surface area contributed by atoms with Crippen LogP contribution in [0.2, 0.25) is 0 Å². The molecule has 0 fully saturated rings. The van der Waals surface area contributed by atoms with Crippen LogP contribution in [0, 0.1) is 17.5 Å². The number of Topliss-reactive ketones (excluding diaryl/α,β-unsaturated/α-hetero) is 1. The van der Waals surface area contributed by atoms with E-state index >= 15 is 0 Å². The molecule has 0 radical (unpaired) electrons. The predicted molar refractivity (Wildman–Crippen MR) is 83.1 cm³/mol. The summed E-state index contributed by atoms with van der Waals surface area (Å²) in [7, 11) is 0. The number of carbonyl (C=O) groups is 1. The molecule has 132 valence electrons. The van der Waals surface area contributed by atoms with Crippen LogP contribution in [0.4, 0.5) is 13.2 Å². The van der Waals surface area contributed by atoms with E-state index in [-0.39, 0.29) is 19.4 Å². The van der Waals surface area contributed by atoms with E-state index in [9.17, 15) is 23.1 Å². The summed E-state index contributed by atoms with van der Waals surface area (Å²) in [5, 5.41) is 9.55. The zero-order valence-corrected chi connectivity index (χ0v) is 13.1. The summed E-state index contributed by atoms with van der Waals surface area (Å²) in [6.45, 7) is 1.94. The summed E-state index contributed by atoms with van der Waals surface area (Å²) in [6, 6.07) is -0.330. The van der Waals surface area contributed by atoms with Gasteiger partial charge in [0.25, 0.3) is 0 Å². The van der Waals surface area contributed by atoms with E-state index in [1.165, 1.54) is 18.5 Å². The number of hydrogen-bond acceptors (Lipinski definition) is 5.